The van der Waals surface area contributed by atoms with Crippen LogP contribution in [0.3, 0.4) is 0 Å². The molecule has 0 bridgehead atoms. The predicted molar refractivity (Wildman–Crippen MR) is 85.1 cm³/mol. The number of benzene rings is 1. The van der Waals surface area contributed by atoms with Crippen molar-refractivity contribution in [3.63, 3.8) is 0 Å². The number of amides is 3. The van der Waals surface area contributed by atoms with Crippen molar-refractivity contribution in [2.24, 2.45) is 0 Å². The fourth-order valence-corrected chi connectivity index (χ4v) is 1.98. The van der Waals surface area contributed by atoms with E-state index in [9.17, 15) is 9.59 Å². The van der Waals surface area contributed by atoms with Crippen LogP contribution in [0.2, 0.25) is 0 Å². The molecule has 0 spiro atoms. The number of aliphatic hydroxyl groups is 1. The Morgan fingerprint density at radius 2 is 1.95 bits per heavy atom. The van der Waals surface area contributed by atoms with Gasteiger partial charge in [-0.15, -0.1) is 0 Å². The quantitative estimate of drug-likeness (QED) is 0.600. The zero-order chi connectivity index (χ0) is 15.7. The number of urea groups is 1. The van der Waals surface area contributed by atoms with Crippen molar-refractivity contribution in [2.45, 2.75) is 25.8 Å². The topological polar surface area (TPSA) is 90.5 Å². The van der Waals surface area contributed by atoms with Gasteiger partial charge < -0.3 is 21.1 Å². The van der Waals surface area contributed by atoms with Crippen molar-refractivity contribution in [2.75, 3.05) is 18.5 Å². The fraction of sp³-hybridized carbons (Fsp3) is 0.429. The van der Waals surface area contributed by atoms with Gasteiger partial charge in [0, 0.05) is 16.7 Å². The predicted octanol–water partition coefficient (Wildman–Crippen LogP) is 1.85. The second-order valence-electron chi connectivity index (χ2n) is 4.46. The fourth-order valence-electron chi connectivity index (χ4n) is 1.72. The lowest BCUT2D eigenvalue weighted by molar-refractivity contribution is -0.123. The molecule has 0 radical (unpaired) electrons. The van der Waals surface area contributed by atoms with Crippen LogP contribution in [0, 0.1) is 0 Å². The normalized spacial score (nSPS) is 11.6. The molecule has 0 saturated carbocycles. The van der Waals surface area contributed by atoms with E-state index in [1.807, 2.05) is 19.1 Å². The Morgan fingerprint density at radius 3 is 2.52 bits per heavy atom. The minimum atomic E-state index is -0.614. The summed E-state index contributed by atoms with van der Waals surface area (Å²) in [6, 6.07) is 6.08. The summed E-state index contributed by atoms with van der Waals surface area (Å²) in [6.45, 7) is 1.98. The second kappa shape index (κ2) is 9.36. The first kappa shape index (κ1) is 17.5. The molecule has 116 valence electrons. The maximum Gasteiger partial charge on any atom is 0.319 e. The number of nitrogens with one attached hydrogen (secondary N) is 3. The van der Waals surface area contributed by atoms with Crippen LogP contribution in [0.15, 0.2) is 28.7 Å². The van der Waals surface area contributed by atoms with E-state index >= 15 is 0 Å². The van der Waals surface area contributed by atoms with Crippen LogP contribution in [0.4, 0.5) is 10.5 Å². The van der Waals surface area contributed by atoms with Crippen molar-refractivity contribution >= 4 is 33.6 Å². The molecule has 1 aromatic carbocycles. The molecule has 4 N–H and O–H groups in total. The molecule has 1 aromatic rings. The van der Waals surface area contributed by atoms with Gasteiger partial charge in [0.1, 0.15) is 6.04 Å². The van der Waals surface area contributed by atoms with Crippen molar-refractivity contribution in [1.82, 2.24) is 10.6 Å². The Morgan fingerprint density at radius 1 is 1.29 bits per heavy atom. The molecular formula is C14H20BrN3O3. The lowest BCUT2D eigenvalue weighted by atomic mass is 10.1. The Bertz CT molecular complexity index is 465. The minimum absolute atomic E-state index is 0.129. The monoisotopic (exact) mass is 357 g/mol. The molecule has 0 aromatic heterocycles. The summed E-state index contributed by atoms with van der Waals surface area (Å²) in [6.07, 6.45) is 1.29. The van der Waals surface area contributed by atoms with E-state index in [0.29, 0.717) is 12.1 Å². The van der Waals surface area contributed by atoms with Crippen molar-refractivity contribution in [3.8, 4) is 0 Å². The minimum Gasteiger partial charge on any atom is -0.395 e. The van der Waals surface area contributed by atoms with Crippen LogP contribution in [-0.4, -0.2) is 36.2 Å². The number of carbonyl (C=O) groups is 2. The highest BCUT2D eigenvalue weighted by atomic mass is 79.9. The van der Waals surface area contributed by atoms with Crippen molar-refractivity contribution in [1.29, 1.82) is 0 Å². The first-order valence-electron chi connectivity index (χ1n) is 6.78. The number of hydrogen-bond donors (Lipinski definition) is 4. The van der Waals surface area contributed by atoms with Crippen LogP contribution in [0.25, 0.3) is 0 Å². The molecule has 0 aliphatic rings. The zero-order valence-corrected chi connectivity index (χ0v) is 13.4. The number of aliphatic hydroxyl groups excluding tert-OH is 1. The van der Waals surface area contributed by atoms with E-state index in [0.717, 1.165) is 10.9 Å². The largest absolute Gasteiger partial charge is 0.395 e. The molecule has 21 heavy (non-hydrogen) atoms. The van der Waals surface area contributed by atoms with Gasteiger partial charge >= 0.3 is 6.03 Å². The van der Waals surface area contributed by atoms with E-state index in [4.69, 9.17) is 5.11 Å². The molecule has 0 unspecified atom stereocenters. The average molecular weight is 358 g/mol. The average Bonchev–Trinajstić information content (AvgIpc) is 2.46. The SMILES string of the molecule is CCC[C@H](NC(=O)Nc1ccc(Br)cc1)C(=O)NCCO. The molecule has 6 nitrogen and oxygen atoms in total. The van der Waals surface area contributed by atoms with Gasteiger partial charge in [0.25, 0.3) is 0 Å². The molecule has 7 heteroatoms. The lowest BCUT2D eigenvalue weighted by Gasteiger charge is -2.18. The summed E-state index contributed by atoms with van der Waals surface area (Å²) >= 11 is 3.31. The Labute approximate surface area is 132 Å². The van der Waals surface area contributed by atoms with Crippen LogP contribution in [0.5, 0.6) is 0 Å². The maximum atomic E-state index is 11.9. The number of anilines is 1. The molecule has 1 atom stereocenters. The number of carbonyl (C=O) groups excluding carboxylic acids is 2. The van der Waals surface area contributed by atoms with Crippen LogP contribution >= 0.6 is 15.9 Å². The number of rotatable bonds is 7. The highest BCUT2D eigenvalue weighted by molar-refractivity contribution is 9.10. The Balaban J connectivity index is 2.55. The van der Waals surface area contributed by atoms with Gasteiger partial charge in [0.15, 0.2) is 0 Å². The van der Waals surface area contributed by atoms with Crippen LogP contribution in [-0.2, 0) is 4.79 Å². The van der Waals surface area contributed by atoms with E-state index in [-0.39, 0.29) is 19.1 Å². The summed E-state index contributed by atoms with van der Waals surface area (Å²) in [7, 11) is 0. The molecule has 3 amide bonds. The summed E-state index contributed by atoms with van der Waals surface area (Å²) in [5.74, 6) is -0.295. The van der Waals surface area contributed by atoms with E-state index < -0.39 is 12.1 Å². The summed E-state index contributed by atoms with van der Waals surface area (Å²) in [5.41, 5.74) is 0.640. The first-order chi connectivity index (χ1) is 10.1. The van der Waals surface area contributed by atoms with E-state index in [1.54, 1.807) is 12.1 Å². The standard InChI is InChI=1S/C14H20BrN3O3/c1-2-3-12(13(20)16-8-9-19)18-14(21)17-11-6-4-10(15)5-7-11/h4-7,12,19H,2-3,8-9H2,1H3,(H,16,20)(H2,17,18,21)/t12-/m0/s1. The number of halogens is 1. The summed E-state index contributed by atoms with van der Waals surface area (Å²) in [5, 5.41) is 16.6. The van der Waals surface area contributed by atoms with Gasteiger partial charge in [-0.3, -0.25) is 4.79 Å². The highest BCUT2D eigenvalue weighted by Crippen LogP contribution is 2.13. The molecule has 1 rings (SSSR count). The molecular weight excluding hydrogens is 338 g/mol. The molecule has 0 saturated heterocycles. The lowest BCUT2D eigenvalue weighted by Crippen LogP contribution is -2.48. The summed E-state index contributed by atoms with van der Waals surface area (Å²) < 4.78 is 0.917. The second-order valence-corrected chi connectivity index (χ2v) is 5.38. The Kier molecular flexibility index (Phi) is 7.78. The molecule has 0 fully saturated rings. The first-order valence-corrected chi connectivity index (χ1v) is 7.57. The van der Waals surface area contributed by atoms with Gasteiger partial charge in [0.05, 0.1) is 6.61 Å². The van der Waals surface area contributed by atoms with Crippen molar-refractivity contribution in [3.05, 3.63) is 28.7 Å². The third-order valence-electron chi connectivity index (χ3n) is 2.71. The van der Waals surface area contributed by atoms with Gasteiger partial charge in [-0.05, 0) is 30.7 Å². The molecule has 0 aliphatic heterocycles. The van der Waals surface area contributed by atoms with Crippen LogP contribution in [0.1, 0.15) is 19.8 Å². The van der Waals surface area contributed by atoms with Gasteiger partial charge in [-0.2, -0.15) is 0 Å². The van der Waals surface area contributed by atoms with E-state index in [1.165, 1.54) is 0 Å². The van der Waals surface area contributed by atoms with Gasteiger partial charge in [-0.25, -0.2) is 4.79 Å². The van der Waals surface area contributed by atoms with Gasteiger partial charge in [-0.1, -0.05) is 29.3 Å². The number of hydrogen-bond acceptors (Lipinski definition) is 3. The highest BCUT2D eigenvalue weighted by Gasteiger charge is 2.19. The third kappa shape index (κ3) is 6.59. The smallest absolute Gasteiger partial charge is 0.319 e. The van der Waals surface area contributed by atoms with Gasteiger partial charge in [0.2, 0.25) is 5.91 Å². The maximum absolute atomic E-state index is 11.9. The molecule has 0 aliphatic carbocycles. The summed E-state index contributed by atoms with van der Waals surface area (Å²) in [4.78, 5) is 23.8. The van der Waals surface area contributed by atoms with Crippen LogP contribution < -0.4 is 16.0 Å². The van der Waals surface area contributed by atoms with Crippen molar-refractivity contribution < 1.29 is 14.7 Å². The van der Waals surface area contributed by atoms with E-state index in [2.05, 4.69) is 31.9 Å². The molecule has 0 heterocycles. The zero-order valence-electron chi connectivity index (χ0n) is 11.9. The Hall–Kier alpha value is -1.60. The third-order valence-corrected chi connectivity index (χ3v) is 3.24.